The first-order valence-electron chi connectivity index (χ1n) is 4.70. The quantitative estimate of drug-likeness (QED) is 0.628. The van der Waals surface area contributed by atoms with Gasteiger partial charge in [-0.25, -0.2) is 9.18 Å². The molecule has 0 heterocycles. The molecule has 3 nitrogen and oxygen atoms in total. The fourth-order valence-corrected chi connectivity index (χ4v) is 1.10. The Morgan fingerprint density at radius 3 is 2.88 bits per heavy atom. The van der Waals surface area contributed by atoms with Gasteiger partial charge in [0.15, 0.2) is 0 Å². The number of carboxylic acids is 1. The number of rotatable bonds is 4. The molecule has 0 fully saturated rings. The van der Waals surface area contributed by atoms with Gasteiger partial charge in [-0.1, -0.05) is 0 Å². The fraction of sp³-hybridized carbons (Fsp3) is 0.250. The molecular formula is C12H11FO3. The van der Waals surface area contributed by atoms with Gasteiger partial charge in [-0.15, -0.1) is 11.8 Å². The van der Waals surface area contributed by atoms with E-state index in [1.807, 2.05) is 0 Å². The second-order valence-electron chi connectivity index (χ2n) is 2.97. The number of halogens is 1. The smallest absolute Gasteiger partial charge is 0.338 e. The minimum absolute atomic E-state index is 0.306. The molecule has 0 saturated carbocycles. The van der Waals surface area contributed by atoms with Crippen LogP contribution in [0.25, 0.3) is 0 Å². The average Bonchev–Trinajstić information content (AvgIpc) is 2.24. The summed E-state index contributed by atoms with van der Waals surface area (Å²) >= 11 is 0. The molecule has 0 spiro atoms. The van der Waals surface area contributed by atoms with Crippen LogP contribution in [0, 0.1) is 17.7 Å². The summed E-state index contributed by atoms with van der Waals surface area (Å²) < 4.78 is 18.4. The molecule has 0 unspecified atom stereocenters. The molecule has 1 aromatic rings. The van der Waals surface area contributed by atoms with Crippen LogP contribution < -0.4 is 4.74 Å². The van der Waals surface area contributed by atoms with Crippen molar-refractivity contribution in [2.45, 2.75) is 13.3 Å². The number of hydrogen-bond donors (Lipinski definition) is 1. The molecule has 0 atom stereocenters. The minimum atomic E-state index is -1.29. The minimum Gasteiger partial charge on any atom is -0.492 e. The zero-order valence-corrected chi connectivity index (χ0v) is 8.79. The lowest BCUT2D eigenvalue weighted by atomic mass is 10.2. The van der Waals surface area contributed by atoms with Crippen molar-refractivity contribution in [3.8, 4) is 17.6 Å². The predicted molar refractivity (Wildman–Crippen MR) is 56.9 cm³/mol. The number of ether oxygens (including phenoxy) is 1. The van der Waals surface area contributed by atoms with Crippen LogP contribution in [0.3, 0.4) is 0 Å². The summed E-state index contributed by atoms with van der Waals surface area (Å²) in [5.41, 5.74) is -0.360. The molecule has 0 amide bonds. The predicted octanol–water partition coefficient (Wildman–Crippen LogP) is 2.32. The zero-order chi connectivity index (χ0) is 12.0. The molecular weight excluding hydrogens is 211 g/mol. The van der Waals surface area contributed by atoms with Crippen molar-refractivity contribution >= 4 is 5.97 Å². The van der Waals surface area contributed by atoms with E-state index in [9.17, 15) is 9.18 Å². The van der Waals surface area contributed by atoms with Crippen LogP contribution in [0.1, 0.15) is 23.7 Å². The maximum atomic E-state index is 13.2. The van der Waals surface area contributed by atoms with Crippen molar-refractivity contribution in [3.63, 3.8) is 0 Å². The van der Waals surface area contributed by atoms with E-state index in [0.29, 0.717) is 18.8 Å². The SMILES string of the molecule is CC#CCCOc1ccc(C(=O)O)c(F)c1. The third-order valence-electron chi connectivity index (χ3n) is 1.84. The summed E-state index contributed by atoms with van der Waals surface area (Å²) in [6.07, 6.45) is 0.554. The van der Waals surface area contributed by atoms with Crippen LogP contribution >= 0.6 is 0 Å². The Morgan fingerprint density at radius 2 is 2.31 bits per heavy atom. The van der Waals surface area contributed by atoms with Gasteiger partial charge < -0.3 is 9.84 Å². The van der Waals surface area contributed by atoms with Crippen LogP contribution in [0.2, 0.25) is 0 Å². The highest BCUT2D eigenvalue weighted by molar-refractivity contribution is 5.88. The summed E-state index contributed by atoms with van der Waals surface area (Å²) in [7, 11) is 0. The summed E-state index contributed by atoms with van der Waals surface area (Å²) in [4.78, 5) is 10.5. The van der Waals surface area contributed by atoms with E-state index in [1.165, 1.54) is 12.1 Å². The van der Waals surface area contributed by atoms with Crippen LogP contribution in [-0.4, -0.2) is 17.7 Å². The molecule has 0 aliphatic heterocycles. The second kappa shape index (κ2) is 5.76. The van der Waals surface area contributed by atoms with Gasteiger partial charge in [-0.2, -0.15) is 0 Å². The largest absolute Gasteiger partial charge is 0.492 e. The molecule has 1 N–H and O–H groups in total. The second-order valence-corrected chi connectivity index (χ2v) is 2.97. The lowest BCUT2D eigenvalue weighted by Gasteiger charge is -2.04. The van der Waals surface area contributed by atoms with E-state index < -0.39 is 11.8 Å². The molecule has 1 aromatic carbocycles. The van der Waals surface area contributed by atoms with Crippen molar-refractivity contribution in [2.75, 3.05) is 6.61 Å². The van der Waals surface area contributed by atoms with E-state index in [1.54, 1.807) is 6.92 Å². The van der Waals surface area contributed by atoms with Crippen LogP contribution in [0.15, 0.2) is 18.2 Å². The number of hydrogen-bond acceptors (Lipinski definition) is 2. The molecule has 16 heavy (non-hydrogen) atoms. The molecule has 0 saturated heterocycles. The zero-order valence-electron chi connectivity index (χ0n) is 8.79. The third-order valence-corrected chi connectivity index (χ3v) is 1.84. The van der Waals surface area contributed by atoms with Crippen molar-refractivity contribution in [1.29, 1.82) is 0 Å². The first kappa shape index (κ1) is 12.1. The lowest BCUT2D eigenvalue weighted by molar-refractivity contribution is 0.0692. The number of carbonyl (C=O) groups is 1. The first-order valence-corrected chi connectivity index (χ1v) is 4.70. The Kier molecular flexibility index (Phi) is 4.34. The van der Waals surface area contributed by atoms with E-state index in [4.69, 9.17) is 9.84 Å². The Morgan fingerprint density at radius 1 is 1.56 bits per heavy atom. The molecule has 0 aliphatic rings. The molecule has 1 rings (SSSR count). The van der Waals surface area contributed by atoms with Gasteiger partial charge in [0, 0.05) is 12.5 Å². The highest BCUT2D eigenvalue weighted by Gasteiger charge is 2.10. The average molecular weight is 222 g/mol. The van der Waals surface area contributed by atoms with Crippen molar-refractivity contribution in [1.82, 2.24) is 0 Å². The number of aromatic carboxylic acids is 1. The van der Waals surface area contributed by atoms with Gasteiger partial charge in [0.25, 0.3) is 0 Å². The summed E-state index contributed by atoms with van der Waals surface area (Å²) in [5.74, 6) is 3.72. The van der Waals surface area contributed by atoms with Crippen LogP contribution in [-0.2, 0) is 0 Å². The summed E-state index contributed by atoms with van der Waals surface area (Å²) in [6, 6.07) is 3.66. The Hall–Kier alpha value is -2.02. The van der Waals surface area contributed by atoms with Gasteiger partial charge in [0.1, 0.15) is 11.6 Å². The molecule has 4 heteroatoms. The summed E-state index contributed by atoms with van der Waals surface area (Å²) in [6.45, 7) is 2.08. The molecule has 84 valence electrons. The van der Waals surface area contributed by atoms with Gasteiger partial charge >= 0.3 is 5.97 Å². The first-order chi connectivity index (χ1) is 7.65. The number of benzene rings is 1. The number of carboxylic acid groups (broad SMARTS) is 1. The molecule has 0 radical (unpaired) electrons. The van der Waals surface area contributed by atoms with E-state index in [2.05, 4.69) is 11.8 Å². The van der Waals surface area contributed by atoms with Gasteiger partial charge in [0.2, 0.25) is 0 Å². The maximum Gasteiger partial charge on any atom is 0.338 e. The highest BCUT2D eigenvalue weighted by atomic mass is 19.1. The van der Waals surface area contributed by atoms with Gasteiger partial charge in [-0.05, 0) is 19.1 Å². The van der Waals surface area contributed by atoms with E-state index >= 15 is 0 Å². The van der Waals surface area contributed by atoms with Gasteiger partial charge in [0.05, 0.1) is 12.2 Å². The Labute approximate surface area is 92.9 Å². The standard InChI is InChI=1S/C12H11FO3/c1-2-3-4-7-16-9-5-6-10(12(14)15)11(13)8-9/h5-6,8H,4,7H2,1H3,(H,14,15). The van der Waals surface area contributed by atoms with E-state index in [-0.39, 0.29) is 5.56 Å². The van der Waals surface area contributed by atoms with E-state index in [0.717, 1.165) is 6.07 Å². The topological polar surface area (TPSA) is 46.5 Å². The Bertz CT molecular complexity index is 443. The molecule has 0 aliphatic carbocycles. The highest BCUT2D eigenvalue weighted by Crippen LogP contribution is 2.16. The van der Waals surface area contributed by atoms with Crippen molar-refractivity contribution in [2.24, 2.45) is 0 Å². The maximum absolute atomic E-state index is 13.2. The summed E-state index contributed by atoms with van der Waals surface area (Å²) in [5, 5.41) is 8.60. The fourth-order valence-electron chi connectivity index (χ4n) is 1.10. The third kappa shape index (κ3) is 3.28. The van der Waals surface area contributed by atoms with Gasteiger partial charge in [-0.3, -0.25) is 0 Å². The van der Waals surface area contributed by atoms with Crippen molar-refractivity contribution in [3.05, 3.63) is 29.6 Å². The molecule has 0 bridgehead atoms. The lowest BCUT2D eigenvalue weighted by Crippen LogP contribution is -2.02. The van der Waals surface area contributed by atoms with Crippen LogP contribution in [0.4, 0.5) is 4.39 Å². The monoisotopic (exact) mass is 222 g/mol. The molecule has 0 aromatic heterocycles. The normalized spacial score (nSPS) is 9.12. The van der Waals surface area contributed by atoms with Crippen LogP contribution in [0.5, 0.6) is 5.75 Å². The van der Waals surface area contributed by atoms with Crippen molar-refractivity contribution < 1.29 is 19.0 Å². The Balaban J connectivity index is 2.65.